The Hall–Kier alpha value is -1.05. The van der Waals surface area contributed by atoms with E-state index in [2.05, 4.69) is 6.92 Å². The van der Waals surface area contributed by atoms with Crippen LogP contribution in [0.3, 0.4) is 0 Å². The highest BCUT2D eigenvalue weighted by atomic mass is 19.4. The Balaban J connectivity index is 4.94. The van der Waals surface area contributed by atoms with E-state index in [1.54, 1.807) is 0 Å². The lowest BCUT2D eigenvalue weighted by Gasteiger charge is -2.41. The Morgan fingerprint density at radius 2 is 0.595 bits per heavy atom. The molecular weight excluding hydrogens is 549 g/mol. The zero-order valence-electron chi connectivity index (χ0n) is 20.1. The van der Waals surface area contributed by atoms with Gasteiger partial charge in [-0.3, -0.25) is 0 Å². The Labute approximate surface area is 205 Å². The SMILES string of the molecule is CCCCCCCCCCCCCCCC(F)(F)C(F)(F)C(F)(F)C(F)(F)C(F)(F)C(F)(F)C(F)(F)F. The normalized spacial score (nSPS) is 14.9. The first-order chi connectivity index (χ1) is 16.6. The Bertz CT molecular complexity index is 653. The molecule has 0 radical (unpaired) electrons. The second-order valence-electron chi connectivity index (χ2n) is 9.07. The van der Waals surface area contributed by atoms with Crippen molar-refractivity contribution in [2.45, 2.75) is 139 Å². The molecule has 0 amide bonds. The third kappa shape index (κ3) is 7.98. The van der Waals surface area contributed by atoms with Gasteiger partial charge in [0.05, 0.1) is 0 Å². The fraction of sp³-hybridized carbons (Fsp3) is 1.00. The maximum Gasteiger partial charge on any atom is 0.460 e. The average molecular weight is 580 g/mol. The summed E-state index contributed by atoms with van der Waals surface area (Å²) in [5, 5.41) is 0. The Morgan fingerprint density at radius 3 is 0.919 bits per heavy atom. The van der Waals surface area contributed by atoms with Gasteiger partial charge in [-0.1, -0.05) is 84.0 Å². The van der Waals surface area contributed by atoms with E-state index in [-0.39, 0.29) is 12.8 Å². The van der Waals surface area contributed by atoms with Crippen molar-refractivity contribution in [3.63, 3.8) is 0 Å². The molecule has 0 aliphatic carbocycles. The topological polar surface area (TPSA) is 0 Å². The molecule has 0 saturated heterocycles. The number of hydrogen-bond acceptors (Lipinski definition) is 0. The van der Waals surface area contributed by atoms with Crippen LogP contribution in [-0.4, -0.2) is 41.7 Å². The van der Waals surface area contributed by atoms with Gasteiger partial charge in [0, 0.05) is 6.42 Å². The largest absolute Gasteiger partial charge is 0.460 e. The van der Waals surface area contributed by atoms with E-state index in [0.717, 1.165) is 51.4 Å². The van der Waals surface area contributed by atoms with Gasteiger partial charge < -0.3 is 0 Å². The molecule has 0 aromatic heterocycles. The molecule has 0 nitrogen and oxygen atoms in total. The molecule has 0 aliphatic rings. The molecule has 37 heavy (non-hydrogen) atoms. The standard InChI is InChI=1S/C22H31F15/c1-2-3-4-5-6-7-8-9-10-11-12-13-14-15-16(23,24)17(25,26)18(27,28)19(29,30)20(31,32)21(33,34)22(35,36)37/h2-15H2,1H3. The number of halogens is 15. The average Bonchev–Trinajstić information content (AvgIpc) is 2.75. The van der Waals surface area contributed by atoms with E-state index in [0.29, 0.717) is 12.8 Å². The summed E-state index contributed by atoms with van der Waals surface area (Å²) in [5.74, 6) is -45.8. The molecule has 0 aromatic rings. The lowest BCUT2D eigenvalue weighted by molar-refractivity contribution is -0.452. The van der Waals surface area contributed by atoms with Crippen molar-refractivity contribution in [1.82, 2.24) is 0 Å². The van der Waals surface area contributed by atoms with Crippen LogP contribution in [0.25, 0.3) is 0 Å². The molecule has 0 fully saturated rings. The quantitative estimate of drug-likeness (QED) is 0.105. The van der Waals surface area contributed by atoms with E-state index in [1.165, 1.54) is 0 Å². The van der Waals surface area contributed by atoms with E-state index in [9.17, 15) is 65.9 Å². The van der Waals surface area contributed by atoms with E-state index < -0.39 is 54.6 Å². The van der Waals surface area contributed by atoms with Gasteiger partial charge in [0.2, 0.25) is 0 Å². The van der Waals surface area contributed by atoms with Crippen LogP contribution >= 0.6 is 0 Å². The molecule has 15 heteroatoms. The second-order valence-corrected chi connectivity index (χ2v) is 9.07. The van der Waals surface area contributed by atoms with Crippen molar-refractivity contribution in [3.8, 4) is 0 Å². The molecule has 0 N–H and O–H groups in total. The smallest absolute Gasteiger partial charge is 0.200 e. The molecule has 0 heterocycles. The fourth-order valence-electron chi connectivity index (χ4n) is 3.52. The predicted molar refractivity (Wildman–Crippen MR) is 106 cm³/mol. The van der Waals surface area contributed by atoms with Gasteiger partial charge >= 0.3 is 41.7 Å². The lowest BCUT2D eigenvalue weighted by atomic mass is 9.89. The van der Waals surface area contributed by atoms with Crippen LogP contribution in [-0.2, 0) is 0 Å². The molecule has 0 unspecified atom stereocenters. The summed E-state index contributed by atoms with van der Waals surface area (Å²) < 4.78 is 197. The van der Waals surface area contributed by atoms with Gasteiger partial charge in [0.15, 0.2) is 0 Å². The first-order valence-electron chi connectivity index (χ1n) is 11.9. The van der Waals surface area contributed by atoms with Crippen molar-refractivity contribution in [3.05, 3.63) is 0 Å². The van der Waals surface area contributed by atoms with Gasteiger partial charge in [-0.05, 0) is 6.42 Å². The second kappa shape index (κ2) is 13.3. The minimum absolute atomic E-state index is 0.167. The molecule has 0 spiro atoms. The van der Waals surface area contributed by atoms with Gasteiger partial charge in [-0.25, -0.2) is 0 Å². The van der Waals surface area contributed by atoms with Gasteiger partial charge in [-0.2, -0.15) is 65.9 Å². The summed E-state index contributed by atoms with van der Waals surface area (Å²) in [6, 6.07) is 0. The van der Waals surface area contributed by atoms with Crippen molar-refractivity contribution in [2.24, 2.45) is 0 Å². The van der Waals surface area contributed by atoms with Crippen LogP contribution in [0.1, 0.15) is 96.8 Å². The fourth-order valence-corrected chi connectivity index (χ4v) is 3.52. The Morgan fingerprint density at radius 1 is 0.324 bits per heavy atom. The molecule has 0 saturated carbocycles. The van der Waals surface area contributed by atoms with Crippen LogP contribution in [0.15, 0.2) is 0 Å². The summed E-state index contributed by atoms with van der Waals surface area (Å²) >= 11 is 0. The summed E-state index contributed by atoms with van der Waals surface area (Å²) in [5.41, 5.74) is 0. The van der Waals surface area contributed by atoms with Crippen LogP contribution < -0.4 is 0 Å². The summed E-state index contributed by atoms with van der Waals surface area (Å²) in [6.07, 6.45) is -1.54. The molecule has 224 valence electrons. The highest BCUT2D eigenvalue weighted by molar-refractivity contribution is 5.12. The van der Waals surface area contributed by atoms with Gasteiger partial charge in [-0.15, -0.1) is 0 Å². The van der Waals surface area contributed by atoms with Crippen molar-refractivity contribution in [2.75, 3.05) is 0 Å². The summed E-state index contributed by atoms with van der Waals surface area (Å²) in [4.78, 5) is 0. The van der Waals surface area contributed by atoms with Gasteiger partial charge in [0.1, 0.15) is 0 Å². The molecule has 0 bridgehead atoms. The van der Waals surface area contributed by atoms with E-state index in [4.69, 9.17) is 0 Å². The van der Waals surface area contributed by atoms with Crippen LogP contribution in [0, 0.1) is 0 Å². The maximum atomic E-state index is 13.8. The Kier molecular flexibility index (Phi) is 13.0. The van der Waals surface area contributed by atoms with Gasteiger partial charge in [0.25, 0.3) is 0 Å². The molecule has 0 atom stereocenters. The summed E-state index contributed by atoms with van der Waals surface area (Å²) in [7, 11) is 0. The zero-order valence-corrected chi connectivity index (χ0v) is 20.1. The molecular formula is C22H31F15. The first-order valence-corrected chi connectivity index (χ1v) is 11.9. The monoisotopic (exact) mass is 580 g/mol. The minimum Gasteiger partial charge on any atom is -0.200 e. The molecule has 0 aromatic carbocycles. The van der Waals surface area contributed by atoms with E-state index >= 15 is 0 Å². The zero-order chi connectivity index (χ0) is 29.4. The first kappa shape index (κ1) is 35.9. The third-order valence-electron chi connectivity index (χ3n) is 5.99. The minimum atomic E-state index is -8.21. The number of hydrogen-bond donors (Lipinski definition) is 0. The number of unbranched alkanes of at least 4 members (excludes halogenated alkanes) is 12. The van der Waals surface area contributed by atoms with E-state index in [1.807, 2.05) is 0 Å². The summed E-state index contributed by atoms with van der Waals surface area (Å²) in [6.45, 7) is 2.08. The highest BCUT2D eigenvalue weighted by Gasteiger charge is 2.93. The lowest BCUT2D eigenvalue weighted by Crippen LogP contribution is -2.72. The third-order valence-corrected chi connectivity index (χ3v) is 5.99. The van der Waals surface area contributed by atoms with Crippen molar-refractivity contribution in [1.29, 1.82) is 0 Å². The molecule has 0 rings (SSSR count). The highest BCUT2D eigenvalue weighted by Crippen LogP contribution is 2.62. The maximum absolute atomic E-state index is 13.8. The number of alkyl halides is 15. The molecule has 0 aliphatic heterocycles. The van der Waals surface area contributed by atoms with Crippen LogP contribution in [0.4, 0.5) is 65.9 Å². The van der Waals surface area contributed by atoms with Crippen LogP contribution in [0.2, 0.25) is 0 Å². The number of rotatable bonds is 19. The van der Waals surface area contributed by atoms with Crippen molar-refractivity contribution >= 4 is 0 Å². The van der Waals surface area contributed by atoms with Crippen molar-refractivity contribution < 1.29 is 65.9 Å². The predicted octanol–water partition coefficient (Wildman–Crippen LogP) is 10.8. The van der Waals surface area contributed by atoms with Crippen LogP contribution in [0.5, 0.6) is 0 Å².